The number of anilines is 1. The van der Waals surface area contributed by atoms with E-state index in [-0.39, 0.29) is 12.5 Å². The van der Waals surface area contributed by atoms with Gasteiger partial charge in [0.15, 0.2) is 0 Å². The van der Waals surface area contributed by atoms with Crippen molar-refractivity contribution in [2.75, 3.05) is 57.8 Å². The molecule has 2 aromatic heterocycles. The molecule has 1 saturated heterocycles. The summed E-state index contributed by atoms with van der Waals surface area (Å²) >= 11 is 1.61. The van der Waals surface area contributed by atoms with Crippen LogP contribution >= 0.6 is 9.42 Å². The molecule has 1 unspecified atom stereocenters. The number of piperazine rings is 1. The number of carbonyl (C=O) groups is 1. The SMILES string of the molecule is CN1CCN(c2ccc3nc(-c4ccc5nc(-c6ccc(OCCCCCNC(=O)C([NH-])C[NH-])cc6)[nH]c5c4)[nH]c3c2)CC1.[Cl][Pt]. The van der Waals surface area contributed by atoms with Crippen LogP contribution in [0.15, 0.2) is 60.7 Å². The molecule has 0 radical (unpaired) electrons. The molecular weight excluding hydrogens is 785 g/mol. The summed E-state index contributed by atoms with van der Waals surface area (Å²) in [5, 5.41) is 2.70. The Balaban J connectivity index is 0.00000204. The second-order valence-corrected chi connectivity index (χ2v) is 11.4. The van der Waals surface area contributed by atoms with Gasteiger partial charge in [-0.15, -0.1) is 0 Å². The van der Waals surface area contributed by atoms with E-state index in [0.29, 0.717) is 13.2 Å². The molecule has 247 valence electrons. The summed E-state index contributed by atoms with van der Waals surface area (Å²) in [5.74, 6) is 2.06. The van der Waals surface area contributed by atoms with Crippen molar-refractivity contribution in [2.45, 2.75) is 25.3 Å². The third kappa shape index (κ3) is 8.46. The first-order valence-corrected chi connectivity index (χ1v) is 18.2. The Kier molecular flexibility index (Phi) is 12.1. The molecule has 1 fully saturated rings. The number of likely N-dealkylation sites (N-methyl/N-ethyl adjacent to an activating group) is 1. The molecule has 0 spiro atoms. The van der Waals surface area contributed by atoms with Crippen molar-refractivity contribution in [1.29, 1.82) is 0 Å². The van der Waals surface area contributed by atoms with Crippen LogP contribution in [0.4, 0.5) is 5.69 Å². The summed E-state index contributed by atoms with van der Waals surface area (Å²) in [7, 11) is 6.78. The Morgan fingerprint density at radius 3 is 2.24 bits per heavy atom. The van der Waals surface area contributed by atoms with Crippen LogP contribution in [-0.2, 0) is 23.6 Å². The van der Waals surface area contributed by atoms with Gasteiger partial charge in [0, 0.05) is 49.5 Å². The minimum absolute atomic E-state index is 0.211. The quantitative estimate of drug-likeness (QED) is 0.125. The van der Waals surface area contributed by atoms with Gasteiger partial charge in [0.1, 0.15) is 17.4 Å². The predicted octanol–water partition coefficient (Wildman–Crippen LogP) is 6.35. The zero-order valence-electron chi connectivity index (χ0n) is 25.7. The van der Waals surface area contributed by atoms with Gasteiger partial charge in [-0.2, -0.15) is 6.54 Å². The van der Waals surface area contributed by atoms with Crippen LogP contribution in [0, 0.1) is 0 Å². The summed E-state index contributed by atoms with van der Waals surface area (Å²) < 4.78 is 5.89. The van der Waals surface area contributed by atoms with Gasteiger partial charge in [0.25, 0.3) is 0 Å². The maximum absolute atomic E-state index is 11.5. The van der Waals surface area contributed by atoms with Crippen LogP contribution in [0.3, 0.4) is 0 Å². The number of imidazole rings is 2. The van der Waals surface area contributed by atoms with Crippen molar-refractivity contribution >= 4 is 43.1 Å². The molecule has 1 amide bonds. The number of ether oxygens (including phenoxy) is 1. The van der Waals surface area contributed by atoms with Crippen LogP contribution in [-0.4, -0.2) is 89.7 Å². The van der Waals surface area contributed by atoms with Crippen molar-refractivity contribution in [2.24, 2.45) is 0 Å². The number of benzene rings is 3. The molecule has 1 aliphatic rings. The summed E-state index contributed by atoms with van der Waals surface area (Å²) in [6.07, 6.45) is 2.60. The van der Waals surface area contributed by atoms with Gasteiger partial charge in [0.2, 0.25) is 5.91 Å². The molecule has 46 heavy (non-hydrogen) atoms. The van der Waals surface area contributed by atoms with E-state index >= 15 is 0 Å². The first-order chi connectivity index (χ1) is 22.5. The van der Waals surface area contributed by atoms with E-state index in [1.165, 1.54) is 5.69 Å². The molecular formula is C33H39ClN9O2Pt-2. The van der Waals surface area contributed by atoms with Gasteiger partial charge in [-0.05, 0) is 87.0 Å². The number of hydrogen-bond acceptors (Lipinski definition) is 6. The fourth-order valence-electron chi connectivity index (χ4n) is 5.42. The van der Waals surface area contributed by atoms with Crippen molar-refractivity contribution in [3.63, 3.8) is 0 Å². The van der Waals surface area contributed by atoms with Crippen molar-refractivity contribution in [1.82, 2.24) is 30.2 Å². The Morgan fingerprint density at radius 2 is 1.54 bits per heavy atom. The van der Waals surface area contributed by atoms with Gasteiger partial charge >= 0.3 is 28.2 Å². The standard InChI is InChI=1S/C33H39N9O2.ClH.Pt/c1-41-14-16-42(17-15-41)24-8-12-28-30(20-24)40-32(38-28)23-7-11-27-29(19-23)39-31(37-27)22-5-9-25(10-6-22)44-18-4-2-3-13-36-33(43)26(35)21-34;;/h5-12,19-20,26,34-35H,2-4,13-18,21H2,1H3,(H,36,43)(H,37,39)(H,38,40);1H;/q-2;;+1/p-1. The van der Waals surface area contributed by atoms with E-state index in [4.69, 9.17) is 26.2 Å². The molecule has 6 rings (SSSR count). The summed E-state index contributed by atoms with van der Waals surface area (Å²) in [4.78, 5) is 33.0. The van der Waals surface area contributed by atoms with Gasteiger partial charge in [-0.25, -0.2) is 9.97 Å². The van der Waals surface area contributed by atoms with Gasteiger partial charge in [0.05, 0.1) is 28.7 Å². The number of H-pyrrole nitrogens is 2. The second-order valence-electron chi connectivity index (χ2n) is 11.4. The first-order valence-electron chi connectivity index (χ1n) is 15.4. The Bertz CT molecular complexity index is 1720. The van der Waals surface area contributed by atoms with E-state index in [1.54, 1.807) is 18.8 Å². The fourth-order valence-corrected chi connectivity index (χ4v) is 5.42. The molecule has 0 saturated carbocycles. The normalized spacial score (nSPS) is 14.3. The maximum atomic E-state index is 11.5. The van der Waals surface area contributed by atoms with Crippen molar-refractivity contribution < 1.29 is 28.3 Å². The number of unbranched alkanes of at least 4 members (excludes halogenated alkanes) is 2. The Hall–Kier alpha value is -3.47. The topological polar surface area (TPSA) is 150 Å². The van der Waals surface area contributed by atoms with E-state index in [9.17, 15) is 4.79 Å². The molecule has 1 atom stereocenters. The summed E-state index contributed by atoms with van der Waals surface area (Å²) in [6.45, 7) is 5.12. The van der Waals surface area contributed by atoms with Crippen LogP contribution in [0.1, 0.15) is 19.3 Å². The summed E-state index contributed by atoms with van der Waals surface area (Å²) in [5.41, 5.74) is 21.6. The number of aromatic nitrogens is 4. The molecule has 0 aliphatic carbocycles. The van der Waals surface area contributed by atoms with E-state index < -0.39 is 6.04 Å². The molecule has 5 aromatic rings. The van der Waals surface area contributed by atoms with E-state index in [0.717, 1.165) is 96.0 Å². The molecule has 3 aromatic carbocycles. The number of aromatic amines is 2. The number of hydrogen-bond donors (Lipinski definition) is 3. The molecule has 5 N–H and O–H groups in total. The number of rotatable bonds is 12. The van der Waals surface area contributed by atoms with E-state index in [2.05, 4.69) is 71.9 Å². The molecule has 1 aliphatic heterocycles. The third-order valence-electron chi connectivity index (χ3n) is 8.13. The number of nitrogens with zero attached hydrogens (tertiary/aromatic N) is 4. The minimum atomic E-state index is -0.998. The average molecular weight is 824 g/mol. The molecule has 11 nitrogen and oxygen atoms in total. The first kappa shape index (κ1) is 33.9. The van der Waals surface area contributed by atoms with Gasteiger partial charge < -0.3 is 41.3 Å². The second kappa shape index (κ2) is 16.4. The monoisotopic (exact) mass is 823 g/mol. The Labute approximate surface area is 284 Å². The van der Waals surface area contributed by atoms with Crippen LogP contribution in [0.2, 0.25) is 0 Å². The number of amides is 1. The molecule has 3 heterocycles. The van der Waals surface area contributed by atoms with Crippen LogP contribution < -0.4 is 15.0 Å². The molecule has 13 heteroatoms. The number of carbonyl (C=O) groups excluding carboxylic acids is 1. The van der Waals surface area contributed by atoms with Gasteiger partial charge in [-0.3, -0.25) is 4.79 Å². The van der Waals surface area contributed by atoms with Crippen LogP contribution in [0.25, 0.3) is 56.3 Å². The zero-order chi connectivity index (χ0) is 32.5. The van der Waals surface area contributed by atoms with Crippen LogP contribution in [0.5, 0.6) is 5.75 Å². The van der Waals surface area contributed by atoms with E-state index in [1.807, 2.05) is 30.3 Å². The van der Waals surface area contributed by atoms with Crippen molar-refractivity contribution in [3.05, 3.63) is 72.1 Å². The average Bonchev–Trinajstić information content (AvgIpc) is 3.73. The Morgan fingerprint density at radius 1 is 0.913 bits per heavy atom. The number of nitrogens with one attached hydrogen (secondary N) is 5. The van der Waals surface area contributed by atoms with Crippen molar-refractivity contribution in [3.8, 4) is 28.5 Å². The number of fused-ring (bicyclic) bond motifs is 2. The third-order valence-corrected chi connectivity index (χ3v) is 8.13. The number of halogens is 1. The van der Waals surface area contributed by atoms with Gasteiger partial charge in [-0.1, -0.05) is 6.04 Å². The zero-order valence-corrected chi connectivity index (χ0v) is 28.7. The fraction of sp³-hybridized carbons (Fsp3) is 0.364. The predicted molar refractivity (Wildman–Crippen MR) is 182 cm³/mol. The molecule has 0 bridgehead atoms. The summed E-state index contributed by atoms with van der Waals surface area (Å²) in [6, 6.07) is 19.6.